The molecule has 2 bridgehead atoms. The van der Waals surface area contributed by atoms with Crippen LogP contribution in [0.4, 0.5) is 18.9 Å². The molecule has 2 aliphatic rings. The second-order valence-electron chi connectivity index (χ2n) is 9.10. The quantitative estimate of drug-likeness (QED) is 0.413. The number of carbonyl (C=O) groups excluding carboxylic acids is 2. The average Bonchev–Trinajstić information content (AvgIpc) is 3.07. The van der Waals surface area contributed by atoms with Gasteiger partial charge in [-0.2, -0.15) is 0 Å². The van der Waals surface area contributed by atoms with Crippen molar-refractivity contribution in [3.8, 4) is 0 Å². The summed E-state index contributed by atoms with van der Waals surface area (Å²) in [6.07, 6.45) is 2.66. The van der Waals surface area contributed by atoms with E-state index in [0.717, 1.165) is 18.9 Å². The third-order valence-electron chi connectivity index (χ3n) is 6.73. The van der Waals surface area contributed by atoms with Crippen LogP contribution < -0.4 is 5.32 Å². The van der Waals surface area contributed by atoms with E-state index >= 15 is 0 Å². The number of hydrogen-bond donors (Lipinski definition) is 1. The highest BCUT2D eigenvalue weighted by Gasteiger charge is 2.50. The molecule has 2 aliphatic carbocycles. The number of rotatable bonds is 6. The molecular formula is C24H23ClF3NO5S. The van der Waals surface area contributed by atoms with Gasteiger partial charge in [0.15, 0.2) is 27.3 Å². The molecule has 6 nitrogen and oxygen atoms in total. The highest BCUT2D eigenvalue weighted by atomic mass is 35.5. The summed E-state index contributed by atoms with van der Waals surface area (Å²) < 4.78 is 72.6. The molecule has 2 saturated carbocycles. The van der Waals surface area contributed by atoms with Gasteiger partial charge in [-0.3, -0.25) is 9.59 Å². The van der Waals surface area contributed by atoms with Crippen LogP contribution in [0.25, 0.3) is 0 Å². The minimum absolute atomic E-state index is 0.0399. The van der Waals surface area contributed by atoms with Crippen molar-refractivity contribution < 1.29 is 35.9 Å². The second kappa shape index (κ2) is 9.81. The van der Waals surface area contributed by atoms with Gasteiger partial charge < -0.3 is 10.1 Å². The van der Waals surface area contributed by atoms with Crippen molar-refractivity contribution >= 4 is 39.0 Å². The minimum Gasteiger partial charge on any atom is -0.466 e. The highest BCUT2D eigenvalue weighted by Crippen LogP contribution is 2.50. The first-order valence-electron chi connectivity index (χ1n) is 11.1. The van der Waals surface area contributed by atoms with E-state index in [1.165, 1.54) is 19.1 Å². The van der Waals surface area contributed by atoms with Crippen molar-refractivity contribution in [2.24, 2.45) is 17.8 Å². The van der Waals surface area contributed by atoms with Crippen LogP contribution in [0, 0.1) is 35.2 Å². The van der Waals surface area contributed by atoms with Crippen molar-refractivity contribution in [2.75, 3.05) is 11.9 Å². The zero-order valence-electron chi connectivity index (χ0n) is 18.7. The zero-order chi connectivity index (χ0) is 25.5. The lowest BCUT2D eigenvalue weighted by Crippen LogP contribution is -2.38. The standard InChI is InChI=1S/C24H23ClF3NO5S/c1-12(30)34-11-13-6-14-2-3-15(7-13)23(14)35(32,33)21-8-16(4-5-18(21)25)24(31)29-17-9-19(26)22(28)20(27)10-17/h4-5,8-10,13-15,23H,2-3,6-7,11H2,1H3,(H,29,31). The number of benzene rings is 2. The van der Waals surface area contributed by atoms with E-state index in [1.807, 2.05) is 0 Å². The SMILES string of the molecule is CC(=O)OCC1CC2CCC(C1)C2S(=O)(=O)c1cc(C(=O)Nc2cc(F)c(F)c(F)c2)ccc1Cl. The number of ether oxygens (including phenoxy) is 1. The summed E-state index contributed by atoms with van der Waals surface area (Å²) in [7, 11) is -3.92. The van der Waals surface area contributed by atoms with Gasteiger partial charge in [0, 0.05) is 30.3 Å². The van der Waals surface area contributed by atoms with Gasteiger partial charge in [0.25, 0.3) is 5.91 Å². The van der Waals surface area contributed by atoms with Crippen molar-refractivity contribution in [1.82, 2.24) is 0 Å². The first kappa shape index (κ1) is 25.5. The fourth-order valence-electron chi connectivity index (χ4n) is 5.32. The molecule has 0 heterocycles. The molecule has 0 saturated heterocycles. The van der Waals surface area contributed by atoms with Crippen LogP contribution in [0.5, 0.6) is 0 Å². The average molecular weight is 530 g/mol. The monoisotopic (exact) mass is 529 g/mol. The van der Waals surface area contributed by atoms with Crippen LogP contribution in [0.15, 0.2) is 35.2 Å². The smallest absolute Gasteiger partial charge is 0.302 e. The predicted octanol–water partition coefficient (Wildman–Crippen LogP) is 5.15. The number of nitrogens with one attached hydrogen (secondary N) is 1. The Labute approximate surface area is 205 Å². The summed E-state index contributed by atoms with van der Waals surface area (Å²) in [5.74, 6) is -5.99. The molecule has 0 radical (unpaired) electrons. The second-order valence-corrected chi connectivity index (χ2v) is 11.6. The van der Waals surface area contributed by atoms with E-state index in [1.54, 1.807) is 0 Å². The number of esters is 1. The van der Waals surface area contributed by atoms with Gasteiger partial charge in [-0.25, -0.2) is 21.6 Å². The lowest BCUT2D eigenvalue weighted by atomic mass is 9.81. The minimum atomic E-state index is -3.92. The van der Waals surface area contributed by atoms with E-state index in [4.69, 9.17) is 16.3 Å². The summed E-state index contributed by atoms with van der Waals surface area (Å²) in [4.78, 5) is 23.6. The van der Waals surface area contributed by atoms with Gasteiger partial charge in [-0.15, -0.1) is 0 Å². The summed E-state index contributed by atoms with van der Waals surface area (Å²) in [5.41, 5.74) is -0.413. The molecule has 0 aromatic heterocycles. The fraction of sp³-hybridized carbons (Fsp3) is 0.417. The third kappa shape index (κ3) is 5.18. The van der Waals surface area contributed by atoms with Gasteiger partial charge in [-0.05, 0) is 61.6 Å². The van der Waals surface area contributed by atoms with E-state index in [-0.39, 0.29) is 51.5 Å². The molecule has 188 valence electrons. The molecule has 2 atom stereocenters. The van der Waals surface area contributed by atoms with Gasteiger partial charge >= 0.3 is 5.97 Å². The number of carbonyl (C=O) groups is 2. The van der Waals surface area contributed by atoms with Crippen LogP contribution >= 0.6 is 11.6 Å². The fourth-order valence-corrected chi connectivity index (χ4v) is 8.19. The maximum absolute atomic E-state index is 13.7. The normalized spacial score (nSPS) is 23.7. The Balaban J connectivity index is 1.56. The van der Waals surface area contributed by atoms with Crippen molar-refractivity contribution in [2.45, 2.75) is 42.8 Å². The molecule has 2 aromatic carbocycles. The molecule has 2 unspecified atom stereocenters. The maximum Gasteiger partial charge on any atom is 0.302 e. The molecule has 0 spiro atoms. The third-order valence-corrected chi connectivity index (χ3v) is 9.61. The molecule has 2 fully saturated rings. The van der Waals surface area contributed by atoms with Crippen LogP contribution in [-0.4, -0.2) is 32.2 Å². The van der Waals surface area contributed by atoms with Crippen molar-refractivity contribution in [3.63, 3.8) is 0 Å². The largest absolute Gasteiger partial charge is 0.466 e. The number of hydrogen-bond acceptors (Lipinski definition) is 5. The van der Waals surface area contributed by atoms with E-state index in [2.05, 4.69) is 5.32 Å². The topological polar surface area (TPSA) is 89.5 Å². The number of fused-ring (bicyclic) bond motifs is 2. The summed E-state index contributed by atoms with van der Waals surface area (Å²) in [6.45, 7) is 1.59. The van der Waals surface area contributed by atoms with Crippen LogP contribution in [0.2, 0.25) is 5.02 Å². The Hall–Kier alpha value is -2.59. The molecule has 1 amide bonds. The Morgan fingerprint density at radius 3 is 2.23 bits per heavy atom. The predicted molar refractivity (Wildman–Crippen MR) is 122 cm³/mol. The lowest BCUT2D eigenvalue weighted by Gasteiger charge is -2.34. The van der Waals surface area contributed by atoms with Crippen LogP contribution in [0.1, 0.15) is 43.0 Å². The molecule has 0 aliphatic heterocycles. The van der Waals surface area contributed by atoms with Gasteiger partial charge in [-0.1, -0.05) is 11.6 Å². The Bertz CT molecular complexity index is 1250. The van der Waals surface area contributed by atoms with E-state index in [9.17, 15) is 31.2 Å². The first-order valence-corrected chi connectivity index (χ1v) is 13.0. The molecule has 1 N–H and O–H groups in total. The molecule has 4 rings (SSSR count). The summed E-state index contributed by atoms with van der Waals surface area (Å²) in [5, 5.41) is 1.52. The van der Waals surface area contributed by atoms with Crippen LogP contribution in [-0.2, 0) is 19.4 Å². The highest BCUT2D eigenvalue weighted by molar-refractivity contribution is 7.92. The van der Waals surface area contributed by atoms with Gasteiger partial charge in [0.05, 0.1) is 21.8 Å². The van der Waals surface area contributed by atoms with Gasteiger partial charge in [0.1, 0.15) is 0 Å². The maximum atomic E-state index is 13.7. The molecular weight excluding hydrogens is 507 g/mol. The van der Waals surface area contributed by atoms with Crippen LogP contribution in [0.3, 0.4) is 0 Å². The molecule has 11 heteroatoms. The van der Waals surface area contributed by atoms with Gasteiger partial charge in [0.2, 0.25) is 0 Å². The van der Waals surface area contributed by atoms with E-state index in [0.29, 0.717) is 25.0 Å². The Kier molecular flexibility index (Phi) is 7.15. The summed E-state index contributed by atoms with van der Waals surface area (Å²) in [6, 6.07) is 4.96. The van der Waals surface area contributed by atoms with Crippen molar-refractivity contribution in [1.29, 1.82) is 0 Å². The zero-order valence-corrected chi connectivity index (χ0v) is 20.3. The number of anilines is 1. The van der Waals surface area contributed by atoms with E-state index < -0.39 is 38.4 Å². The molecule has 35 heavy (non-hydrogen) atoms. The summed E-state index contributed by atoms with van der Waals surface area (Å²) >= 11 is 6.24. The number of sulfone groups is 1. The number of halogens is 4. The van der Waals surface area contributed by atoms with Crippen molar-refractivity contribution in [3.05, 3.63) is 58.4 Å². The lowest BCUT2D eigenvalue weighted by molar-refractivity contribution is -0.142. The molecule has 2 aromatic rings. The number of amides is 1. The Morgan fingerprint density at radius 2 is 1.66 bits per heavy atom. The Morgan fingerprint density at radius 1 is 1.06 bits per heavy atom. The first-order chi connectivity index (χ1) is 16.5.